The summed E-state index contributed by atoms with van der Waals surface area (Å²) in [6.07, 6.45) is 2.11. The zero-order chi connectivity index (χ0) is 17.1. The number of rotatable bonds is 6. The molecule has 0 saturated carbocycles. The van der Waals surface area contributed by atoms with E-state index in [2.05, 4.69) is 22.3 Å². The largest absolute Gasteiger partial charge is 0.461 e. The van der Waals surface area contributed by atoms with Gasteiger partial charge in [0.15, 0.2) is 5.76 Å². The zero-order valence-corrected chi connectivity index (χ0v) is 14.3. The Bertz CT molecular complexity index is 826. The lowest BCUT2D eigenvalue weighted by Gasteiger charge is -2.37. The molecule has 1 fully saturated rings. The van der Waals surface area contributed by atoms with Crippen LogP contribution >= 0.6 is 11.8 Å². The lowest BCUT2D eigenvalue weighted by atomic mass is 10.00. The Kier molecular flexibility index (Phi) is 4.56. The molecule has 25 heavy (non-hydrogen) atoms. The van der Waals surface area contributed by atoms with E-state index in [-0.39, 0.29) is 11.8 Å². The molecule has 0 unspecified atom stereocenters. The van der Waals surface area contributed by atoms with Gasteiger partial charge in [0.2, 0.25) is 17.6 Å². The first kappa shape index (κ1) is 16.0. The van der Waals surface area contributed by atoms with Crippen molar-refractivity contribution in [1.29, 1.82) is 0 Å². The van der Waals surface area contributed by atoms with Crippen molar-refractivity contribution in [3.63, 3.8) is 0 Å². The molecule has 0 radical (unpaired) electrons. The molecule has 2 aromatic heterocycles. The Morgan fingerprint density at radius 3 is 2.80 bits per heavy atom. The van der Waals surface area contributed by atoms with Crippen molar-refractivity contribution >= 4 is 17.7 Å². The number of nitrogens with zero attached hydrogens (tertiary/aromatic N) is 3. The van der Waals surface area contributed by atoms with Gasteiger partial charge in [-0.2, -0.15) is 4.98 Å². The molecule has 0 spiro atoms. The van der Waals surface area contributed by atoms with Crippen molar-refractivity contribution in [3.05, 3.63) is 54.6 Å². The SMILES string of the molecule is O=C(CCSc1ccccc1)N1CC(c2nc(-c3ccco3)no2)C1. The molecule has 1 aliphatic rings. The first-order valence-corrected chi connectivity index (χ1v) is 9.11. The number of hydrogen-bond acceptors (Lipinski definition) is 6. The van der Waals surface area contributed by atoms with Crippen molar-refractivity contribution < 1.29 is 13.7 Å². The molecule has 1 aromatic carbocycles. The van der Waals surface area contributed by atoms with Gasteiger partial charge in [-0.25, -0.2) is 0 Å². The Labute approximate surface area is 149 Å². The van der Waals surface area contributed by atoms with Gasteiger partial charge in [-0.05, 0) is 24.3 Å². The van der Waals surface area contributed by atoms with Gasteiger partial charge in [0.05, 0.1) is 12.2 Å². The quantitative estimate of drug-likeness (QED) is 0.631. The van der Waals surface area contributed by atoms with E-state index < -0.39 is 0 Å². The van der Waals surface area contributed by atoms with E-state index in [1.165, 1.54) is 4.90 Å². The van der Waals surface area contributed by atoms with Crippen molar-refractivity contribution in [1.82, 2.24) is 15.0 Å². The Morgan fingerprint density at radius 2 is 2.04 bits per heavy atom. The molecule has 0 bridgehead atoms. The van der Waals surface area contributed by atoms with Gasteiger partial charge in [0, 0.05) is 30.2 Å². The highest BCUT2D eigenvalue weighted by Gasteiger charge is 2.35. The van der Waals surface area contributed by atoms with Gasteiger partial charge in [-0.15, -0.1) is 11.8 Å². The topological polar surface area (TPSA) is 72.4 Å². The number of benzene rings is 1. The maximum Gasteiger partial charge on any atom is 0.238 e. The molecular formula is C18H17N3O3S. The summed E-state index contributed by atoms with van der Waals surface area (Å²) in [6, 6.07) is 13.7. The van der Waals surface area contributed by atoms with Gasteiger partial charge in [0.25, 0.3) is 0 Å². The first-order chi connectivity index (χ1) is 12.3. The van der Waals surface area contributed by atoms with Crippen LogP contribution in [0.4, 0.5) is 0 Å². The van der Waals surface area contributed by atoms with Crippen molar-refractivity contribution in [2.24, 2.45) is 0 Å². The standard InChI is InChI=1S/C18H17N3O3S/c22-16(8-10-25-14-5-2-1-3-6-14)21-11-13(12-21)18-19-17(20-24-18)15-7-4-9-23-15/h1-7,9,13H,8,10-12H2. The van der Waals surface area contributed by atoms with Crippen LogP contribution < -0.4 is 0 Å². The fraction of sp³-hybridized carbons (Fsp3) is 0.278. The number of furan rings is 1. The normalized spacial score (nSPS) is 14.5. The monoisotopic (exact) mass is 355 g/mol. The van der Waals surface area contributed by atoms with Crippen molar-refractivity contribution in [2.75, 3.05) is 18.8 Å². The molecule has 1 saturated heterocycles. The maximum atomic E-state index is 12.2. The highest BCUT2D eigenvalue weighted by atomic mass is 32.2. The maximum absolute atomic E-state index is 12.2. The van der Waals surface area contributed by atoms with E-state index in [1.807, 2.05) is 23.1 Å². The summed E-state index contributed by atoms with van der Waals surface area (Å²) in [6.45, 7) is 1.27. The van der Waals surface area contributed by atoms with E-state index in [1.54, 1.807) is 30.2 Å². The van der Waals surface area contributed by atoms with E-state index in [0.29, 0.717) is 37.0 Å². The molecule has 3 heterocycles. The van der Waals surface area contributed by atoms with Crippen LogP contribution in [0.5, 0.6) is 0 Å². The van der Waals surface area contributed by atoms with Gasteiger partial charge >= 0.3 is 0 Å². The third-order valence-electron chi connectivity index (χ3n) is 4.09. The molecule has 6 nitrogen and oxygen atoms in total. The average Bonchev–Trinajstić information content (AvgIpc) is 3.26. The number of carbonyl (C=O) groups is 1. The molecule has 0 N–H and O–H groups in total. The molecule has 128 valence electrons. The summed E-state index contributed by atoms with van der Waals surface area (Å²) in [5.74, 6) is 2.67. The lowest BCUT2D eigenvalue weighted by molar-refractivity contribution is -0.135. The van der Waals surface area contributed by atoms with Gasteiger partial charge < -0.3 is 13.8 Å². The second-order valence-corrected chi connectivity index (χ2v) is 7.01. The summed E-state index contributed by atoms with van der Waals surface area (Å²) in [5, 5.41) is 3.93. The Morgan fingerprint density at radius 1 is 1.20 bits per heavy atom. The van der Waals surface area contributed by atoms with E-state index >= 15 is 0 Å². The molecule has 4 rings (SSSR count). The highest BCUT2D eigenvalue weighted by Crippen LogP contribution is 2.28. The average molecular weight is 355 g/mol. The molecule has 1 aliphatic heterocycles. The number of amides is 1. The van der Waals surface area contributed by atoms with Crippen LogP contribution in [0.2, 0.25) is 0 Å². The fourth-order valence-corrected chi connectivity index (χ4v) is 3.54. The minimum absolute atomic E-state index is 0.113. The smallest absolute Gasteiger partial charge is 0.238 e. The summed E-state index contributed by atoms with van der Waals surface area (Å²) in [4.78, 5) is 19.6. The summed E-state index contributed by atoms with van der Waals surface area (Å²) in [7, 11) is 0. The van der Waals surface area contributed by atoms with E-state index in [0.717, 1.165) is 5.75 Å². The molecule has 7 heteroatoms. The van der Waals surface area contributed by atoms with Crippen LogP contribution in [0.3, 0.4) is 0 Å². The van der Waals surface area contributed by atoms with Crippen LogP contribution in [0.1, 0.15) is 18.2 Å². The van der Waals surface area contributed by atoms with Crippen LogP contribution in [0, 0.1) is 0 Å². The van der Waals surface area contributed by atoms with E-state index in [9.17, 15) is 4.79 Å². The predicted octanol–water partition coefficient (Wildman–Crippen LogP) is 3.44. The number of carbonyl (C=O) groups excluding carboxylic acids is 1. The van der Waals surface area contributed by atoms with Crippen LogP contribution in [-0.4, -0.2) is 39.8 Å². The number of thioether (sulfide) groups is 1. The molecule has 1 amide bonds. The Hall–Kier alpha value is -2.54. The van der Waals surface area contributed by atoms with Gasteiger partial charge in [0.1, 0.15) is 0 Å². The third kappa shape index (κ3) is 3.61. The first-order valence-electron chi connectivity index (χ1n) is 8.13. The summed E-state index contributed by atoms with van der Waals surface area (Å²) in [5.41, 5.74) is 0. The fourth-order valence-electron chi connectivity index (χ4n) is 2.68. The van der Waals surface area contributed by atoms with Crippen LogP contribution in [0.25, 0.3) is 11.6 Å². The van der Waals surface area contributed by atoms with E-state index in [4.69, 9.17) is 8.94 Å². The van der Waals surface area contributed by atoms with Crippen LogP contribution in [-0.2, 0) is 4.79 Å². The highest BCUT2D eigenvalue weighted by molar-refractivity contribution is 7.99. The third-order valence-corrected chi connectivity index (χ3v) is 5.11. The minimum Gasteiger partial charge on any atom is -0.461 e. The summed E-state index contributed by atoms with van der Waals surface area (Å²) < 4.78 is 10.5. The molecule has 0 atom stereocenters. The number of hydrogen-bond donors (Lipinski definition) is 0. The second kappa shape index (κ2) is 7.14. The van der Waals surface area contributed by atoms with Crippen molar-refractivity contribution in [3.8, 4) is 11.6 Å². The summed E-state index contributed by atoms with van der Waals surface area (Å²) >= 11 is 1.70. The minimum atomic E-state index is 0.113. The number of likely N-dealkylation sites (tertiary alicyclic amines) is 1. The molecular weight excluding hydrogens is 338 g/mol. The second-order valence-electron chi connectivity index (χ2n) is 5.84. The van der Waals surface area contributed by atoms with Crippen molar-refractivity contribution in [2.45, 2.75) is 17.2 Å². The molecule has 3 aromatic rings. The van der Waals surface area contributed by atoms with Gasteiger partial charge in [-0.1, -0.05) is 23.4 Å². The van der Waals surface area contributed by atoms with Gasteiger partial charge in [-0.3, -0.25) is 4.79 Å². The lowest BCUT2D eigenvalue weighted by Crippen LogP contribution is -2.48. The van der Waals surface area contributed by atoms with Crippen LogP contribution in [0.15, 0.2) is 62.6 Å². The molecule has 0 aliphatic carbocycles. The zero-order valence-electron chi connectivity index (χ0n) is 13.5. The number of aromatic nitrogens is 2. The Balaban J connectivity index is 1.24. The predicted molar refractivity (Wildman–Crippen MR) is 93.1 cm³/mol.